The first kappa shape index (κ1) is 17.6. The molecular weight excluding hydrogens is 326 g/mol. The van der Waals surface area contributed by atoms with Crippen molar-refractivity contribution >= 4 is 25.7 Å². The van der Waals surface area contributed by atoms with E-state index in [1.807, 2.05) is 0 Å². The molecule has 0 saturated heterocycles. The highest BCUT2D eigenvalue weighted by molar-refractivity contribution is 8.10. The molecule has 2 aromatic carbocycles. The van der Waals surface area contributed by atoms with Crippen molar-refractivity contribution in [3.8, 4) is 0 Å². The Labute approximate surface area is 129 Å². The number of hydrogen-bond acceptors (Lipinski definition) is 6. The molecule has 0 aliphatic carbocycles. The molecule has 0 radical (unpaired) electrons. The predicted octanol–water partition coefficient (Wildman–Crippen LogP) is 2.25. The summed E-state index contributed by atoms with van der Waals surface area (Å²) in [5, 5.41) is 12.0. The third-order valence-electron chi connectivity index (χ3n) is 2.80. The first-order valence-electron chi connectivity index (χ1n) is 5.60. The molecule has 9 heteroatoms. The average molecular weight is 339 g/mol. The lowest BCUT2D eigenvalue weighted by Gasteiger charge is -2.27. The van der Waals surface area contributed by atoms with Gasteiger partial charge in [-0.3, -0.25) is 0 Å². The summed E-state index contributed by atoms with van der Waals surface area (Å²) in [5.74, 6) is 0. The van der Waals surface area contributed by atoms with E-state index < -0.39 is 20.0 Å². The molecule has 1 aliphatic rings. The lowest BCUT2D eigenvalue weighted by Crippen LogP contribution is -2.39. The van der Waals surface area contributed by atoms with E-state index in [0.29, 0.717) is 3.71 Å². The number of rotatable bonds is 1. The van der Waals surface area contributed by atoms with Crippen LogP contribution in [0.25, 0.3) is 0 Å². The quantitative estimate of drug-likeness (QED) is 0.735. The van der Waals surface area contributed by atoms with Crippen LogP contribution >= 0.6 is 0 Å². The summed E-state index contributed by atoms with van der Waals surface area (Å²) >= 11 is 0. The van der Waals surface area contributed by atoms with Gasteiger partial charge < -0.3 is 0 Å². The van der Waals surface area contributed by atoms with Crippen molar-refractivity contribution in [1.29, 1.82) is 10.8 Å². The highest BCUT2D eigenvalue weighted by Gasteiger charge is 2.41. The van der Waals surface area contributed by atoms with Gasteiger partial charge in [-0.25, -0.2) is 16.8 Å². The molecule has 3 rings (SSSR count). The second kappa shape index (κ2) is 6.13. The highest BCUT2D eigenvalue weighted by Crippen LogP contribution is 2.35. The van der Waals surface area contributed by atoms with Crippen LogP contribution in [0.15, 0.2) is 64.4 Å². The van der Waals surface area contributed by atoms with Gasteiger partial charge in [-0.05, 0) is 30.3 Å². The van der Waals surface area contributed by atoms with Gasteiger partial charge in [0.05, 0.1) is 15.5 Å². The van der Waals surface area contributed by atoms with Crippen LogP contribution in [0.1, 0.15) is 7.43 Å². The van der Waals surface area contributed by atoms with Crippen LogP contribution in [-0.4, -0.2) is 16.8 Å². The van der Waals surface area contributed by atoms with E-state index in [2.05, 4.69) is 0 Å². The predicted molar refractivity (Wildman–Crippen MR) is 79.9 cm³/mol. The summed E-state index contributed by atoms with van der Waals surface area (Å²) in [6.45, 7) is 0. The summed E-state index contributed by atoms with van der Waals surface area (Å²) in [6.07, 6.45) is 0. The third kappa shape index (κ3) is 2.54. The summed E-state index contributed by atoms with van der Waals surface area (Å²) in [4.78, 5) is -0.0487. The van der Waals surface area contributed by atoms with Gasteiger partial charge in [-0.1, -0.05) is 31.7 Å². The Morgan fingerprint density at radius 3 is 1.64 bits per heavy atom. The number of hydrogen-bond donors (Lipinski definition) is 0. The van der Waals surface area contributed by atoms with Crippen LogP contribution in [0, 0.1) is 10.8 Å². The van der Waals surface area contributed by atoms with Gasteiger partial charge in [0.25, 0.3) is 20.0 Å². The zero-order chi connectivity index (χ0) is 15.7. The largest absolute Gasteiger partial charge is 0.277 e. The van der Waals surface area contributed by atoms with Crippen LogP contribution in [0.3, 0.4) is 0 Å². The van der Waals surface area contributed by atoms with Crippen molar-refractivity contribution in [2.75, 3.05) is 3.71 Å². The fourth-order valence-corrected chi connectivity index (χ4v) is 5.80. The topological polar surface area (TPSA) is 119 Å². The molecule has 7 nitrogen and oxygen atoms in total. The van der Waals surface area contributed by atoms with E-state index in [-0.39, 0.29) is 22.9 Å². The molecule has 1 heterocycles. The molecule has 0 atom stereocenters. The first-order chi connectivity index (χ1) is 9.94. The Morgan fingerprint density at radius 2 is 1.18 bits per heavy atom. The zero-order valence-electron chi connectivity index (χ0n) is 10.5. The minimum Gasteiger partial charge on any atom is -0.200 e. The molecule has 0 aromatic heterocycles. The molecular formula is C13H13N3O4S2. The summed E-state index contributed by atoms with van der Waals surface area (Å²) in [6, 6.07) is 13.1. The summed E-state index contributed by atoms with van der Waals surface area (Å²) in [7, 11) is -8.16. The van der Waals surface area contributed by atoms with Crippen LogP contribution in [0.4, 0.5) is 5.69 Å². The van der Waals surface area contributed by atoms with E-state index in [1.54, 1.807) is 18.2 Å². The fraction of sp³-hybridized carbons (Fsp3) is 0.0769. The second-order valence-corrected chi connectivity index (χ2v) is 7.82. The molecule has 116 valence electrons. The molecule has 0 N–H and O–H groups in total. The van der Waals surface area contributed by atoms with Crippen molar-refractivity contribution < 1.29 is 16.8 Å². The van der Waals surface area contributed by atoms with Crippen LogP contribution < -0.4 is 3.71 Å². The maximum Gasteiger partial charge on any atom is 0.277 e. The lowest BCUT2D eigenvalue weighted by molar-refractivity contribution is 0.580. The zero-order valence-corrected chi connectivity index (χ0v) is 12.1. The van der Waals surface area contributed by atoms with Gasteiger partial charge in [0.15, 0.2) is 0 Å². The molecule has 2 aromatic rings. The third-order valence-corrected chi connectivity index (χ3v) is 6.98. The van der Waals surface area contributed by atoms with Crippen LogP contribution in [0.2, 0.25) is 0 Å². The molecule has 1 aliphatic heterocycles. The minimum absolute atomic E-state index is 0. The first-order valence-corrected chi connectivity index (χ1v) is 8.48. The summed E-state index contributed by atoms with van der Waals surface area (Å²) in [5.41, 5.74) is 0.106. The second-order valence-electron chi connectivity index (χ2n) is 4.02. The van der Waals surface area contributed by atoms with Gasteiger partial charge in [-0.2, -0.15) is 3.71 Å². The number of nitrogens with zero attached hydrogens (tertiary/aromatic N) is 3. The Morgan fingerprint density at radius 1 is 0.727 bits per heavy atom. The van der Waals surface area contributed by atoms with Crippen molar-refractivity contribution in [3.63, 3.8) is 0 Å². The molecule has 0 unspecified atom stereocenters. The van der Waals surface area contributed by atoms with Gasteiger partial charge >= 0.3 is 0 Å². The van der Waals surface area contributed by atoms with Gasteiger partial charge in [0, 0.05) is 10.8 Å². The van der Waals surface area contributed by atoms with Crippen molar-refractivity contribution in [1.82, 2.24) is 0 Å². The molecule has 0 fully saturated rings. The van der Waals surface area contributed by atoms with E-state index in [1.165, 1.54) is 36.4 Å². The minimum atomic E-state index is -4.08. The van der Waals surface area contributed by atoms with Crippen molar-refractivity contribution in [2.45, 2.75) is 17.2 Å². The summed E-state index contributed by atoms with van der Waals surface area (Å²) < 4.78 is 49.8. The normalized spacial score (nSPS) is 16.5. The van der Waals surface area contributed by atoms with Gasteiger partial charge in [0.2, 0.25) is 0 Å². The molecule has 0 spiro atoms. The van der Waals surface area contributed by atoms with Crippen molar-refractivity contribution in [3.05, 3.63) is 54.6 Å². The highest BCUT2D eigenvalue weighted by atomic mass is 32.3. The van der Waals surface area contributed by atoms with E-state index in [4.69, 9.17) is 10.8 Å². The number of benzene rings is 2. The number of sulfonamides is 2. The van der Waals surface area contributed by atoms with Gasteiger partial charge in [-0.15, -0.1) is 0 Å². The average Bonchev–Trinajstić information content (AvgIpc) is 2.49. The Balaban J connectivity index is 0.000000775. The fourth-order valence-electron chi connectivity index (χ4n) is 1.94. The maximum atomic E-state index is 12.3. The Kier molecular flexibility index (Phi) is 4.91. The molecule has 22 heavy (non-hydrogen) atoms. The van der Waals surface area contributed by atoms with E-state index >= 15 is 0 Å². The number of anilines is 1. The number of fused-ring (bicyclic) bond motifs is 2. The monoisotopic (exact) mass is 339 g/mol. The molecule has 0 saturated carbocycles. The standard InChI is InChI=1S/C12H9NO4S2.CH4.N2/c14-18(15)11-7-4-8-12(9-11)19(16,17)13(18)10-5-2-1-3-6-10;;1-2/h1-9H;1H4;. The molecule has 2 bridgehead atoms. The Hall–Kier alpha value is -2.44. The van der Waals surface area contributed by atoms with E-state index in [0.717, 1.165) is 0 Å². The number of para-hydroxylation sites is 1. The van der Waals surface area contributed by atoms with Crippen LogP contribution in [-0.2, 0) is 20.0 Å². The van der Waals surface area contributed by atoms with E-state index in [9.17, 15) is 16.8 Å². The maximum absolute atomic E-state index is 12.3. The SMILES string of the molecule is C.N#N.O=S1(=O)c2cccc(c2)S(=O)(=O)N1c1ccccc1. The Bertz CT molecular complexity index is 842. The molecule has 0 amide bonds. The van der Waals surface area contributed by atoms with Crippen molar-refractivity contribution in [2.24, 2.45) is 0 Å². The lowest BCUT2D eigenvalue weighted by atomic mass is 10.3. The van der Waals surface area contributed by atoms with Crippen LogP contribution in [0.5, 0.6) is 0 Å². The smallest absolute Gasteiger partial charge is 0.200 e. The van der Waals surface area contributed by atoms with Gasteiger partial charge in [0.1, 0.15) is 0 Å².